The Balaban J connectivity index is 1.59. The van der Waals surface area contributed by atoms with Crippen LogP contribution in [-0.4, -0.2) is 99.2 Å². The van der Waals surface area contributed by atoms with Crippen molar-refractivity contribution in [3.8, 4) is 0 Å². The van der Waals surface area contributed by atoms with Crippen LogP contribution in [0.5, 0.6) is 0 Å². The lowest BCUT2D eigenvalue weighted by atomic mass is 9.72. The van der Waals surface area contributed by atoms with E-state index in [0.717, 1.165) is 13.0 Å². The van der Waals surface area contributed by atoms with E-state index in [1.54, 1.807) is 4.90 Å². The Morgan fingerprint density at radius 2 is 1.95 bits per heavy atom. The topological polar surface area (TPSA) is 106 Å². The number of halogens is 2. The Labute approximate surface area is 234 Å². The van der Waals surface area contributed by atoms with E-state index in [9.17, 15) is 14.7 Å². The number of carbonyl (C=O) groups is 2. The van der Waals surface area contributed by atoms with Gasteiger partial charge in [0, 0.05) is 35.2 Å². The number of rotatable bonds is 3. The van der Waals surface area contributed by atoms with E-state index in [1.807, 2.05) is 25.1 Å². The minimum absolute atomic E-state index is 0.0204. The Hall–Kier alpha value is -1.21. The summed E-state index contributed by atoms with van der Waals surface area (Å²) in [5.41, 5.74) is -0.669. The highest BCUT2D eigenvalue weighted by atomic mass is 32.2. The van der Waals surface area contributed by atoms with Crippen molar-refractivity contribution in [3.05, 3.63) is 0 Å². The van der Waals surface area contributed by atoms with E-state index >= 15 is 8.78 Å². The SMILES string of the molecule is CC(C)C1NCCC2SN(CC(=O)OC(C)(C)C)C3CCCC(F)C3C3NC4C(CC3F)C(O)NC(=O)N4C21. The van der Waals surface area contributed by atoms with Crippen LogP contribution >= 0.6 is 11.9 Å². The third kappa shape index (κ3) is 5.78. The molecule has 11 atom stereocenters. The summed E-state index contributed by atoms with van der Waals surface area (Å²) in [7, 11) is 0. The number of hydrogen-bond donors (Lipinski definition) is 4. The first-order valence-corrected chi connectivity index (χ1v) is 15.4. The number of fused-ring (bicyclic) bond motifs is 5. The molecule has 1 aliphatic carbocycles. The smallest absolute Gasteiger partial charge is 0.321 e. The third-order valence-electron chi connectivity index (χ3n) is 9.07. The van der Waals surface area contributed by atoms with Crippen LogP contribution in [0, 0.1) is 17.8 Å². The minimum Gasteiger partial charge on any atom is -0.459 e. The highest BCUT2D eigenvalue weighted by Crippen LogP contribution is 2.46. The second-order valence-electron chi connectivity index (χ2n) is 13.3. The molecule has 5 rings (SSSR count). The number of alkyl halides is 2. The van der Waals surface area contributed by atoms with Crippen molar-refractivity contribution in [2.75, 3.05) is 13.1 Å². The summed E-state index contributed by atoms with van der Waals surface area (Å²) in [6.45, 7) is 10.4. The van der Waals surface area contributed by atoms with E-state index < -0.39 is 60.2 Å². The summed E-state index contributed by atoms with van der Waals surface area (Å²) in [5, 5.41) is 20.3. The molecule has 4 saturated heterocycles. The molecular formula is C27H45F2N5O4S. The van der Waals surface area contributed by atoms with Gasteiger partial charge in [-0.3, -0.25) is 10.1 Å². The van der Waals surface area contributed by atoms with Crippen molar-refractivity contribution >= 4 is 23.9 Å². The monoisotopic (exact) mass is 573 g/mol. The highest BCUT2D eigenvalue weighted by molar-refractivity contribution is 7.97. The van der Waals surface area contributed by atoms with Crippen molar-refractivity contribution in [2.45, 2.75) is 126 Å². The Morgan fingerprint density at radius 3 is 2.64 bits per heavy atom. The third-order valence-corrected chi connectivity index (χ3v) is 10.5. The number of hydrogen-bond acceptors (Lipinski definition) is 8. The van der Waals surface area contributed by atoms with Gasteiger partial charge in [-0.15, -0.1) is 0 Å². The van der Waals surface area contributed by atoms with Crippen LogP contribution < -0.4 is 16.0 Å². The number of ether oxygens (including phenoxy) is 1. The molecule has 4 aliphatic heterocycles. The van der Waals surface area contributed by atoms with E-state index in [0.29, 0.717) is 19.3 Å². The molecule has 2 amide bonds. The molecule has 4 heterocycles. The van der Waals surface area contributed by atoms with E-state index in [-0.39, 0.29) is 42.3 Å². The number of nitrogens with zero attached hydrogens (tertiary/aromatic N) is 2. The number of piperidine rings is 2. The quantitative estimate of drug-likeness (QED) is 0.302. The molecule has 39 heavy (non-hydrogen) atoms. The zero-order chi connectivity index (χ0) is 28.2. The number of amides is 2. The first-order valence-electron chi connectivity index (χ1n) is 14.6. The molecule has 5 aliphatic rings. The van der Waals surface area contributed by atoms with Crippen LogP contribution in [0.3, 0.4) is 0 Å². The Bertz CT molecular complexity index is 925. The summed E-state index contributed by atoms with van der Waals surface area (Å²) in [6.07, 6.45) is -2.06. The molecule has 5 fully saturated rings. The second kappa shape index (κ2) is 11.2. The summed E-state index contributed by atoms with van der Waals surface area (Å²) < 4.78 is 39.4. The van der Waals surface area contributed by atoms with Gasteiger partial charge >= 0.3 is 12.0 Å². The normalized spacial score (nSPS) is 43.3. The molecular weight excluding hydrogens is 528 g/mol. The van der Waals surface area contributed by atoms with Gasteiger partial charge in [-0.05, 0) is 65.3 Å². The van der Waals surface area contributed by atoms with Crippen LogP contribution in [0.15, 0.2) is 0 Å². The van der Waals surface area contributed by atoms with Crippen LogP contribution in [0.4, 0.5) is 13.6 Å². The van der Waals surface area contributed by atoms with Crippen LogP contribution in [0.25, 0.3) is 0 Å². The summed E-state index contributed by atoms with van der Waals surface area (Å²) in [6, 6.07) is -1.98. The minimum atomic E-state index is -1.41. The molecule has 0 radical (unpaired) electrons. The molecule has 1 saturated carbocycles. The lowest BCUT2D eigenvalue weighted by molar-refractivity contribution is -0.156. The maximum atomic E-state index is 16.0. The van der Waals surface area contributed by atoms with Crippen molar-refractivity contribution in [2.24, 2.45) is 17.8 Å². The molecule has 4 N–H and O–H groups in total. The van der Waals surface area contributed by atoms with E-state index in [1.165, 1.54) is 11.9 Å². The summed E-state index contributed by atoms with van der Waals surface area (Å²) >= 11 is 1.51. The Morgan fingerprint density at radius 1 is 1.21 bits per heavy atom. The zero-order valence-corrected chi connectivity index (χ0v) is 24.4. The fraction of sp³-hybridized carbons (Fsp3) is 0.926. The Kier molecular flexibility index (Phi) is 8.43. The van der Waals surface area contributed by atoms with Gasteiger partial charge < -0.3 is 25.4 Å². The number of aliphatic hydroxyl groups excluding tert-OH is 1. The van der Waals surface area contributed by atoms with Gasteiger partial charge in [-0.25, -0.2) is 17.9 Å². The van der Waals surface area contributed by atoms with Crippen LogP contribution in [0.2, 0.25) is 0 Å². The lowest BCUT2D eigenvalue weighted by Gasteiger charge is -2.59. The van der Waals surface area contributed by atoms with Crippen LogP contribution in [-0.2, 0) is 9.53 Å². The van der Waals surface area contributed by atoms with Crippen molar-refractivity contribution < 1.29 is 28.2 Å². The van der Waals surface area contributed by atoms with Gasteiger partial charge in [0.15, 0.2) is 0 Å². The maximum Gasteiger partial charge on any atom is 0.321 e. The molecule has 12 heteroatoms. The first-order chi connectivity index (χ1) is 18.4. The van der Waals surface area contributed by atoms with Crippen LogP contribution in [0.1, 0.15) is 66.7 Å². The number of carbonyl (C=O) groups excluding carboxylic acids is 2. The van der Waals surface area contributed by atoms with E-state index in [4.69, 9.17) is 4.74 Å². The molecule has 0 aromatic heterocycles. The first kappa shape index (κ1) is 29.3. The van der Waals surface area contributed by atoms with Gasteiger partial charge in [0.05, 0.1) is 12.2 Å². The van der Waals surface area contributed by atoms with E-state index in [2.05, 4.69) is 29.8 Å². The molecule has 222 valence electrons. The molecule has 0 spiro atoms. The fourth-order valence-electron chi connectivity index (χ4n) is 7.52. The second-order valence-corrected chi connectivity index (χ2v) is 14.5. The predicted octanol–water partition coefficient (Wildman–Crippen LogP) is 2.54. The number of nitrogens with one attached hydrogen (secondary N) is 3. The lowest BCUT2D eigenvalue weighted by Crippen LogP contribution is -2.78. The van der Waals surface area contributed by atoms with Crippen molar-refractivity contribution in [1.29, 1.82) is 0 Å². The van der Waals surface area contributed by atoms with Gasteiger partial charge in [0.1, 0.15) is 30.7 Å². The number of aliphatic hydroxyl groups is 1. The summed E-state index contributed by atoms with van der Waals surface area (Å²) in [4.78, 5) is 28.5. The standard InChI is InChI=1S/C27H45F2N5O4S/c1-13(2)21-23-18(9-10-30-21)39-33(12-19(35)38-27(3,4)5)17-8-6-7-15(28)20(17)22-16(29)11-14-24(31-22)34(23)26(37)32-25(14)36/h13-18,20-25,30-31,36H,6-12H2,1-5H3,(H,32,37). The van der Waals surface area contributed by atoms with Crippen molar-refractivity contribution in [1.82, 2.24) is 25.2 Å². The van der Waals surface area contributed by atoms with Gasteiger partial charge in [-0.1, -0.05) is 25.8 Å². The average molecular weight is 574 g/mol. The maximum absolute atomic E-state index is 16.0. The molecule has 0 aromatic rings. The van der Waals surface area contributed by atoms with Gasteiger partial charge in [-0.2, -0.15) is 0 Å². The molecule has 2 bridgehead atoms. The molecule has 9 nitrogen and oxygen atoms in total. The fourth-order valence-corrected chi connectivity index (χ4v) is 9.10. The predicted molar refractivity (Wildman–Crippen MR) is 145 cm³/mol. The number of urea groups is 1. The molecule has 0 aromatic carbocycles. The zero-order valence-electron chi connectivity index (χ0n) is 23.6. The van der Waals surface area contributed by atoms with Crippen molar-refractivity contribution in [3.63, 3.8) is 0 Å². The van der Waals surface area contributed by atoms with Gasteiger partial charge in [0.2, 0.25) is 0 Å². The highest BCUT2D eigenvalue weighted by Gasteiger charge is 2.58. The number of esters is 1. The largest absolute Gasteiger partial charge is 0.459 e. The van der Waals surface area contributed by atoms with Gasteiger partial charge in [0.25, 0.3) is 0 Å². The average Bonchev–Trinajstić information content (AvgIpc) is 2.83. The molecule has 11 unspecified atom stereocenters. The summed E-state index contributed by atoms with van der Waals surface area (Å²) in [5.74, 6) is -1.48.